The summed E-state index contributed by atoms with van der Waals surface area (Å²) in [4.78, 5) is 11.9. The van der Waals surface area contributed by atoms with Crippen LogP contribution in [0, 0.1) is 0 Å². The lowest BCUT2D eigenvalue weighted by molar-refractivity contribution is 0.725. The first-order valence-electron chi connectivity index (χ1n) is 4.87. The SMILES string of the molecule is NNc1cc(NCCn2ccnc2)ncn1. The summed E-state index contributed by atoms with van der Waals surface area (Å²) in [5.41, 5.74) is 2.47. The summed E-state index contributed by atoms with van der Waals surface area (Å²) in [5.74, 6) is 6.57. The third-order valence-electron chi connectivity index (χ3n) is 2.05. The summed E-state index contributed by atoms with van der Waals surface area (Å²) in [5, 5.41) is 3.16. The van der Waals surface area contributed by atoms with Crippen molar-refractivity contribution in [1.82, 2.24) is 19.5 Å². The smallest absolute Gasteiger partial charge is 0.145 e. The van der Waals surface area contributed by atoms with Crippen molar-refractivity contribution in [3.8, 4) is 0 Å². The van der Waals surface area contributed by atoms with Gasteiger partial charge in [0.05, 0.1) is 6.33 Å². The molecule has 4 N–H and O–H groups in total. The number of hydrogen-bond donors (Lipinski definition) is 3. The van der Waals surface area contributed by atoms with E-state index in [2.05, 4.69) is 25.7 Å². The van der Waals surface area contributed by atoms with Gasteiger partial charge >= 0.3 is 0 Å². The van der Waals surface area contributed by atoms with Crippen LogP contribution in [0.1, 0.15) is 0 Å². The van der Waals surface area contributed by atoms with Crippen molar-refractivity contribution >= 4 is 11.6 Å². The molecule has 2 heterocycles. The highest BCUT2D eigenvalue weighted by Crippen LogP contribution is 2.06. The number of nitrogens with one attached hydrogen (secondary N) is 2. The molecule has 0 radical (unpaired) electrons. The molecule has 0 unspecified atom stereocenters. The number of aromatic nitrogens is 4. The standard InChI is InChI=1S/C9H13N7/c10-15-9-5-8(13-6-14-9)12-2-4-16-3-1-11-7-16/h1,3,5-7H,2,4,10H2,(H2,12,13,14,15). The van der Waals surface area contributed by atoms with Crippen LogP contribution >= 0.6 is 0 Å². The van der Waals surface area contributed by atoms with Crippen LogP contribution in [0.2, 0.25) is 0 Å². The molecule has 0 amide bonds. The van der Waals surface area contributed by atoms with Crippen molar-refractivity contribution < 1.29 is 0 Å². The molecule has 0 aliphatic carbocycles. The predicted octanol–water partition coefficient (Wildman–Crippen LogP) is 0.0708. The van der Waals surface area contributed by atoms with Crippen LogP contribution in [0.4, 0.5) is 11.6 Å². The number of rotatable bonds is 5. The lowest BCUT2D eigenvalue weighted by Crippen LogP contribution is -2.12. The largest absolute Gasteiger partial charge is 0.368 e. The molecule has 0 saturated carbocycles. The molecule has 2 aromatic rings. The second-order valence-corrected chi connectivity index (χ2v) is 3.16. The number of nitrogen functional groups attached to an aromatic ring is 1. The Labute approximate surface area is 92.7 Å². The van der Waals surface area contributed by atoms with E-state index in [0.717, 1.165) is 18.9 Å². The fourth-order valence-electron chi connectivity index (χ4n) is 1.26. The molecule has 7 heteroatoms. The predicted molar refractivity (Wildman–Crippen MR) is 60.6 cm³/mol. The second-order valence-electron chi connectivity index (χ2n) is 3.16. The van der Waals surface area contributed by atoms with E-state index >= 15 is 0 Å². The highest BCUT2D eigenvalue weighted by atomic mass is 15.3. The Morgan fingerprint density at radius 2 is 2.19 bits per heavy atom. The van der Waals surface area contributed by atoms with E-state index in [1.54, 1.807) is 18.6 Å². The number of nitrogens with zero attached hydrogens (tertiary/aromatic N) is 4. The van der Waals surface area contributed by atoms with Gasteiger partial charge in [-0.3, -0.25) is 0 Å². The van der Waals surface area contributed by atoms with Gasteiger partial charge in [0, 0.05) is 31.5 Å². The van der Waals surface area contributed by atoms with Gasteiger partial charge in [-0.05, 0) is 0 Å². The Bertz CT molecular complexity index is 425. The molecule has 7 nitrogen and oxygen atoms in total. The van der Waals surface area contributed by atoms with Crippen LogP contribution in [0.5, 0.6) is 0 Å². The van der Waals surface area contributed by atoms with E-state index in [4.69, 9.17) is 5.84 Å². The van der Waals surface area contributed by atoms with Crippen LogP contribution in [-0.2, 0) is 6.54 Å². The molecule has 0 aliphatic rings. The zero-order chi connectivity index (χ0) is 11.2. The Balaban J connectivity index is 1.85. The molecule has 2 aromatic heterocycles. The van der Waals surface area contributed by atoms with Gasteiger partial charge in [0.25, 0.3) is 0 Å². The van der Waals surface area contributed by atoms with Crippen LogP contribution in [0.3, 0.4) is 0 Å². The first-order valence-corrected chi connectivity index (χ1v) is 4.87. The molecular formula is C9H13N7. The Morgan fingerprint density at radius 1 is 1.31 bits per heavy atom. The molecule has 0 aromatic carbocycles. The average molecular weight is 219 g/mol. The molecule has 0 bridgehead atoms. The summed E-state index contributed by atoms with van der Waals surface area (Å²) < 4.78 is 1.98. The first kappa shape index (κ1) is 10.4. The van der Waals surface area contributed by atoms with Gasteiger partial charge in [-0.2, -0.15) is 0 Å². The van der Waals surface area contributed by atoms with Gasteiger partial charge in [0.1, 0.15) is 18.0 Å². The molecule has 16 heavy (non-hydrogen) atoms. The first-order chi connectivity index (χ1) is 7.88. The summed E-state index contributed by atoms with van der Waals surface area (Å²) in [7, 11) is 0. The van der Waals surface area contributed by atoms with Crippen LogP contribution in [-0.4, -0.2) is 26.1 Å². The average Bonchev–Trinajstić information content (AvgIpc) is 2.82. The maximum absolute atomic E-state index is 5.24. The number of hydrogen-bond acceptors (Lipinski definition) is 6. The zero-order valence-electron chi connectivity index (χ0n) is 8.67. The van der Waals surface area contributed by atoms with Crippen molar-refractivity contribution in [3.05, 3.63) is 31.1 Å². The zero-order valence-corrected chi connectivity index (χ0v) is 8.67. The van der Waals surface area contributed by atoms with E-state index in [0.29, 0.717) is 5.82 Å². The van der Waals surface area contributed by atoms with Gasteiger partial charge in [0.2, 0.25) is 0 Å². The molecule has 0 aliphatic heterocycles. The number of anilines is 2. The number of nitrogens with two attached hydrogens (primary N) is 1. The van der Waals surface area contributed by atoms with Crippen LogP contribution in [0.25, 0.3) is 0 Å². The van der Waals surface area contributed by atoms with E-state index in [9.17, 15) is 0 Å². The third kappa shape index (κ3) is 2.67. The minimum atomic E-state index is 0.583. The van der Waals surface area contributed by atoms with Gasteiger partial charge in [0.15, 0.2) is 0 Å². The van der Waals surface area contributed by atoms with Gasteiger partial charge in [-0.1, -0.05) is 0 Å². The fraction of sp³-hybridized carbons (Fsp3) is 0.222. The molecule has 0 atom stereocenters. The molecule has 0 saturated heterocycles. The van der Waals surface area contributed by atoms with Crippen LogP contribution < -0.4 is 16.6 Å². The molecule has 0 spiro atoms. The summed E-state index contributed by atoms with van der Waals surface area (Å²) in [6.45, 7) is 1.59. The highest BCUT2D eigenvalue weighted by Gasteiger charge is 1.96. The topological polar surface area (TPSA) is 93.7 Å². The van der Waals surface area contributed by atoms with Gasteiger partial charge in [-0.25, -0.2) is 20.8 Å². The normalized spacial score (nSPS) is 10.1. The Kier molecular flexibility index (Phi) is 3.29. The second kappa shape index (κ2) is 5.08. The van der Waals surface area contributed by atoms with Crippen molar-refractivity contribution in [3.63, 3.8) is 0 Å². The summed E-state index contributed by atoms with van der Waals surface area (Å²) in [6, 6.07) is 1.74. The van der Waals surface area contributed by atoms with Crippen LogP contribution in [0.15, 0.2) is 31.1 Å². The molecular weight excluding hydrogens is 206 g/mol. The van der Waals surface area contributed by atoms with Crippen molar-refractivity contribution in [2.24, 2.45) is 5.84 Å². The monoisotopic (exact) mass is 219 g/mol. The van der Waals surface area contributed by atoms with Crippen molar-refractivity contribution in [1.29, 1.82) is 0 Å². The van der Waals surface area contributed by atoms with Gasteiger partial charge < -0.3 is 15.3 Å². The lowest BCUT2D eigenvalue weighted by atomic mass is 10.5. The van der Waals surface area contributed by atoms with E-state index < -0.39 is 0 Å². The number of imidazole rings is 1. The highest BCUT2D eigenvalue weighted by molar-refractivity contribution is 5.45. The van der Waals surface area contributed by atoms with E-state index in [1.165, 1.54) is 6.33 Å². The summed E-state index contributed by atoms with van der Waals surface area (Å²) >= 11 is 0. The molecule has 84 valence electrons. The lowest BCUT2D eigenvalue weighted by Gasteiger charge is -2.06. The summed E-state index contributed by atoms with van der Waals surface area (Å²) in [6.07, 6.45) is 6.89. The fourth-order valence-corrected chi connectivity index (χ4v) is 1.26. The third-order valence-corrected chi connectivity index (χ3v) is 2.05. The van der Waals surface area contributed by atoms with E-state index in [-0.39, 0.29) is 0 Å². The quantitative estimate of drug-likeness (QED) is 0.486. The minimum absolute atomic E-state index is 0.583. The molecule has 0 fully saturated rings. The number of hydrazine groups is 1. The Morgan fingerprint density at radius 3 is 2.94 bits per heavy atom. The van der Waals surface area contributed by atoms with Gasteiger partial charge in [-0.15, -0.1) is 0 Å². The van der Waals surface area contributed by atoms with Crippen molar-refractivity contribution in [2.45, 2.75) is 6.54 Å². The molecule has 2 rings (SSSR count). The van der Waals surface area contributed by atoms with Crippen molar-refractivity contribution in [2.75, 3.05) is 17.3 Å². The Hall–Kier alpha value is -2.15. The van der Waals surface area contributed by atoms with E-state index in [1.807, 2.05) is 10.8 Å². The maximum atomic E-state index is 5.24. The minimum Gasteiger partial charge on any atom is -0.368 e. The maximum Gasteiger partial charge on any atom is 0.145 e.